The number of methoxy groups -OCH3 is 3. The van der Waals surface area contributed by atoms with Crippen molar-refractivity contribution in [2.24, 2.45) is 0 Å². The number of amides is 1. The van der Waals surface area contributed by atoms with E-state index in [2.05, 4.69) is 5.32 Å². The van der Waals surface area contributed by atoms with Crippen molar-refractivity contribution in [3.05, 3.63) is 53.6 Å². The predicted molar refractivity (Wildman–Crippen MR) is 93.0 cm³/mol. The summed E-state index contributed by atoms with van der Waals surface area (Å²) >= 11 is 0. The highest BCUT2D eigenvalue weighted by atomic mass is 16.5. The van der Waals surface area contributed by atoms with Crippen LogP contribution < -0.4 is 19.5 Å². The third-order valence-electron chi connectivity index (χ3n) is 3.87. The zero-order valence-electron chi connectivity index (χ0n) is 14.5. The Morgan fingerprint density at radius 1 is 0.958 bits per heavy atom. The highest BCUT2D eigenvalue weighted by Gasteiger charge is 2.20. The van der Waals surface area contributed by atoms with E-state index in [4.69, 9.17) is 14.2 Å². The lowest BCUT2D eigenvalue weighted by molar-refractivity contribution is 0.0932. The van der Waals surface area contributed by atoms with Crippen LogP contribution in [0.2, 0.25) is 0 Å². The van der Waals surface area contributed by atoms with Gasteiger partial charge in [0.15, 0.2) is 11.5 Å². The van der Waals surface area contributed by atoms with Gasteiger partial charge in [0, 0.05) is 12.1 Å². The van der Waals surface area contributed by atoms with E-state index in [1.165, 1.54) is 14.2 Å². The number of hydrogen-bond donors (Lipinski definition) is 1. The Morgan fingerprint density at radius 3 is 2.08 bits per heavy atom. The number of ether oxygens (including phenoxy) is 3. The third-order valence-corrected chi connectivity index (χ3v) is 3.87. The van der Waals surface area contributed by atoms with Crippen molar-refractivity contribution in [3.63, 3.8) is 0 Å². The molecule has 1 amide bonds. The normalized spacial score (nSPS) is 11.5. The molecular formula is C19H23NO4. The van der Waals surface area contributed by atoms with E-state index in [0.29, 0.717) is 22.8 Å². The summed E-state index contributed by atoms with van der Waals surface area (Å²) in [7, 11) is 4.59. The van der Waals surface area contributed by atoms with Crippen molar-refractivity contribution in [1.82, 2.24) is 5.32 Å². The van der Waals surface area contributed by atoms with Crippen LogP contribution in [0.3, 0.4) is 0 Å². The molecule has 0 aliphatic carbocycles. The highest BCUT2D eigenvalue weighted by Crippen LogP contribution is 2.34. The monoisotopic (exact) mass is 329 g/mol. The maximum absolute atomic E-state index is 12.7. The Balaban J connectivity index is 2.31. The van der Waals surface area contributed by atoms with Gasteiger partial charge in [0.2, 0.25) is 0 Å². The van der Waals surface area contributed by atoms with Crippen LogP contribution in [0, 0.1) is 0 Å². The summed E-state index contributed by atoms with van der Waals surface area (Å²) in [6.45, 7) is 2.03. The first-order chi connectivity index (χ1) is 11.6. The van der Waals surface area contributed by atoms with Crippen molar-refractivity contribution in [3.8, 4) is 17.2 Å². The lowest BCUT2D eigenvalue weighted by atomic mass is 10.0. The van der Waals surface area contributed by atoms with Gasteiger partial charge in [-0.15, -0.1) is 0 Å². The first-order valence-corrected chi connectivity index (χ1v) is 7.80. The van der Waals surface area contributed by atoms with Crippen molar-refractivity contribution in [2.45, 2.75) is 19.4 Å². The zero-order valence-corrected chi connectivity index (χ0v) is 14.5. The molecule has 0 aliphatic heterocycles. The molecule has 0 heterocycles. The molecule has 5 heteroatoms. The fourth-order valence-corrected chi connectivity index (χ4v) is 2.55. The number of benzene rings is 2. The number of carbonyl (C=O) groups is 1. The maximum atomic E-state index is 12.7. The smallest absolute Gasteiger partial charge is 0.255 e. The Kier molecular flexibility index (Phi) is 6.07. The molecule has 1 atom stereocenters. The lowest BCUT2D eigenvalue weighted by Gasteiger charge is -2.19. The summed E-state index contributed by atoms with van der Waals surface area (Å²) < 4.78 is 15.9. The molecule has 24 heavy (non-hydrogen) atoms. The molecule has 1 N–H and O–H groups in total. The Hall–Kier alpha value is -2.69. The molecule has 2 aromatic carbocycles. The fraction of sp³-hybridized carbons (Fsp3) is 0.316. The van der Waals surface area contributed by atoms with E-state index in [9.17, 15) is 4.79 Å². The van der Waals surface area contributed by atoms with Crippen molar-refractivity contribution < 1.29 is 19.0 Å². The molecule has 0 saturated carbocycles. The van der Waals surface area contributed by atoms with E-state index in [-0.39, 0.29) is 11.9 Å². The number of carbonyl (C=O) groups excluding carboxylic acids is 1. The first kappa shape index (κ1) is 17.7. The second kappa shape index (κ2) is 8.24. The van der Waals surface area contributed by atoms with Gasteiger partial charge < -0.3 is 19.5 Å². The third kappa shape index (κ3) is 3.79. The minimum atomic E-state index is -0.219. The van der Waals surface area contributed by atoms with Gasteiger partial charge >= 0.3 is 0 Å². The quantitative estimate of drug-likeness (QED) is 0.843. The SMILES string of the molecule is CC[C@H](NC(=O)c1cc(OC)c(OC)cc1OC)c1ccccc1. The van der Waals surface area contributed by atoms with E-state index in [1.807, 2.05) is 37.3 Å². The van der Waals surface area contributed by atoms with E-state index in [0.717, 1.165) is 12.0 Å². The molecule has 0 bridgehead atoms. The largest absolute Gasteiger partial charge is 0.496 e. The van der Waals surface area contributed by atoms with Crippen molar-refractivity contribution in [2.75, 3.05) is 21.3 Å². The molecule has 0 spiro atoms. The van der Waals surface area contributed by atoms with Crippen LogP contribution in [-0.4, -0.2) is 27.2 Å². The number of hydrogen-bond acceptors (Lipinski definition) is 4. The molecular weight excluding hydrogens is 306 g/mol. The maximum Gasteiger partial charge on any atom is 0.255 e. The topological polar surface area (TPSA) is 56.8 Å². The molecule has 0 unspecified atom stereocenters. The van der Waals surface area contributed by atoms with Crippen molar-refractivity contribution >= 4 is 5.91 Å². The molecule has 5 nitrogen and oxygen atoms in total. The molecule has 0 aliphatic rings. The van der Waals surface area contributed by atoms with E-state index in [1.54, 1.807) is 19.2 Å². The zero-order chi connectivity index (χ0) is 17.5. The van der Waals surface area contributed by atoms with Gasteiger partial charge in [-0.05, 0) is 12.0 Å². The van der Waals surface area contributed by atoms with E-state index >= 15 is 0 Å². The van der Waals surface area contributed by atoms with Crippen LogP contribution in [0.5, 0.6) is 17.2 Å². The van der Waals surface area contributed by atoms with Crippen LogP contribution in [0.1, 0.15) is 35.3 Å². The summed E-state index contributed by atoms with van der Waals surface area (Å²) in [5, 5.41) is 3.05. The molecule has 2 rings (SSSR count). The van der Waals surface area contributed by atoms with Crippen LogP contribution in [0.15, 0.2) is 42.5 Å². The minimum absolute atomic E-state index is 0.0727. The van der Waals surface area contributed by atoms with Crippen LogP contribution in [-0.2, 0) is 0 Å². The summed E-state index contributed by atoms with van der Waals surface area (Å²) in [5.74, 6) is 1.22. The van der Waals surface area contributed by atoms with Gasteiger partial charge in [0.1, 0.15) is 5.75 Å². The summed E-state index contributed by atoms with van der Waals surface area (Å²) in [6, 6.07) is 13.1. The van der Waals surface area contributed by atoms with Gasteiger partial charge in [-0.2, -0.15) is 0 Å². The van der Waals surface area contributed by atoms with Crippen molar-refractivity contribution in [1.29, 1.82) is 0 Å². The Labute approximate surface area is 142 Å². The van der Waals surface area contributed by atoms with Gasteiger partial charge in [0.25, 0.3) is 5.91 Å². The van der Waals surface area contributed by atoms with Gasteiger partial charge in [-0.3, -0.25) is 4.79 Å². The van der Waals surface area contributed by atoms with Crippen LogP contribution in [0.4, 0.5) is 0 Å². The fourth-order valence-electron chi connectivity index (χ4n) is 2.55. The highest BCUT2D eigenvalue weighted by molar-refractivity contribution is 5.98. The minimum Gasteiger partial charge on any atom is -0.496 e. The average molecular weight is 329 g/mol. The second-order valence-corrected chi connectivity index (χ2v) is 5.25. The van der Waals surface area contributed by atoms with Gasteiger partial charge in [-0.1, -0.05) is 37.3 Å². The Morgan fingerprint density at radius 2 is 1.54 bits per heavy atom. The van der Waals surface area contributed by atoms with Gasteiger partial charge in [0.05, 0.1) is 32.9 Å². The average Bonchev–Trinajstić information content (AvgIpc) is 2.65. The van der Waals surface area contributed by atoms with Crippen LogP contribution >= 0.6 is 0 Å². The summed E-state index contributed by atoms with van der Waals surface area (Å²) in [4.78, 5) is 12.7. The molecule has 0 radical (unpaired) electrons. The summed E-state index contributed by atoms with van der Waals surface area (Å²) in [6.07, 6.45) is 0.783. The van der Waals surface area contributed by atoms with E-state index < -0.39 is 0 Å². The lowest BCUT2D eigenvalue weighted by Crippen LogP contribution is -2.28. The van der Waals surface area contributed by atoms with Crippen LogP contribution in [0.25, 0.3) is 0 Å². The number of nitrogens with one attached hydrogen (secondary N) is 1. The van der Waals surface area contributed by atoms with Gasteiger partial charge in [-0.25, -0.2) is 0 Å². The molecule has 0 saturated heterocycles. The molecule has 2 aromatic rings. The molecule has 0 fully saturated rings. The predicted octanol–water partition coefficient (Wildman–Crippen LogP) is 3.59. The Bertz CT molecular complexity index is 685. The molecule has 0 aromatic heterocycles. The second-order valence-electron chi connectivity index (χ2n) is 5.25. The molecule has 128 valence electrons. The first-order valence-electron chi connectivity index (χ1n) is 7.80. The number of rotatable bonds is 7. The summed E-state index contributed by atoms with van der Waals surface area (Å²) in [5.41, 5.74) is 1.47. The standard InChI is InChI=1S/C19H23NO4/c1-5-15(13-9-7-6-8-10-13)20-19(21)14-11-17(23-3)18(24-4)12-16(14)22-2/h6-12,15H,5H2,1-4H3,(H,20,21)/t15-/m0/s1.